The molecule has 4 rings (SSSR count). The Hall–Kier alpha value is -4.21. The van der Waals surface area contributed by atoms with Crippen molar-refractivity contribution in [3.63, 3.8) is 0 Å². The van der Waals surface area contributed by atoms with Crippen LogP contribution in [0.2, 0.25) is 0 Å². The Kier molecular flexibility index (Phi) is 6.58. The highest BCUT2D eigenvalue weighted by Crippen LogP contribution is 2.28. The van der Waals surface area contributed by atoms with E-state index in [9.17, 15) is 24.0 Å². The molecule has 1 fully saturated rings. The van der Waals surface area contributed by atoms with E-state index in [0.29, 0.717) is 37.3 Å². The average Bonchev–Trinajstić information content (AvgIpc) is 3.12. The average molecular weight is 465 g/mol. The van der Waals surface area contributed by atoms with Gasteiger partial charge in [0, 0.05) is 26.2 Å². The fourth-order valence-electron chi connectivity index (χ4n) is 3.85. The number of hydrogen-bond acceptors (Lipinski definition) is 7. The predicted molar refractivity (Wildman–Crippen MR) is 119 cm³/mol. The Morgan fingerprint density at radius 3 is 2.06 bits per heavy atom. The molecule has 0 saturated carbocycles. The Balaban J connectivity index is 1.35. The molecule has 2 heterocycles. The van der Waals surface area contributed by atoms with Gasteiger partial charge in [-0.1, -0.05) is 18.2 Å². The standard InChI is InChI=1S/C24H23N3O7/c1-2-33-24(32)26-12-10-25(11-13-26)20(28)15-34-23(31)16-6-5-7-17(14-16)27-21(29)18-8-3-4-9-19(18)22(27)30/h3-9,14H,2,10-13,15H2,1H3. The van der Waals surface area contributed by atoms with Crippen LogP contribution in [0, 0.1) is 0 Å². The number of imide groups is 1. The number of benzene rings is 2. The van der Waals surface area contributed by atoms with Crippen LogP contribution in [0.1, 0.15) is 38.0 Å². The summed E-state index contributed by atoms with van der Waals surface area (Å²) in [6.07, 6.45) is -0.418. The minimum atomic E-state index is -0.753. The summed E-state index contributed by atoms with van der Waals surface area (Å²) < 4.78 is 10.1. The first-order chi connectivity index (χ1) is 16.4. The van der Waals surface area contributed by atoms with Gasteiger partial charge in [0.1, 0.15) is 0 Å². The first kappa shape index (κ1) is 23.0. The third-order valence-electron chi connectivity index (χ3n) is 5.62. The predicted octanol–water partition coefficient (Wildman–Crippen LogP) is 1.94. The molecule has 0 aliphatic carbocycles. The zero-order chi connectivity index (χ0) is 24.2. The maximum absolute atomic E-state index is 12.7. The van der Waals surface area contributed by atoms with Crippen molar-refractivity contribution in [1.29, 1.82) is 0 Å². The molecule has 2 aliphatic heterocycles. The highest BCUT2D eigenvalue weighted by Gasteiger charge is 2.36. The van der Waals surface area contributed by atoms with Crippen LogP contribution < -0.4 is 4.90 Å². The molecule has 0 atom stereocenters. The van der Waals surface area contributed by atoms with Gasteiger partial charge in [0.2, 0.25) is 0 Å². The maximum atomic E-state index is 12.7. The van der Waals surface area contributed by atoms with E-state index in [-0.39, 0.29) is 23.8 Å². The third-order valence-corrected chi connectivity index (χ3v) is 5.62. The van der Waals surface area contributed by atoms with E-state index in [1.165, 1.54) is 28.0 Å². The van der Waals surface area contributed by atoms with Crippen LogP contribution >= 0.6 is 0 Å². The number of nitrogens with zero attached hydrogens (tertiary/aromatic N) is 3. The van der Waals surface area contributed by atoms with Gasteiger partial charge in [-0.2, -0.15) is 0 Å². The van der Waals surface area contributed by atoms with Crippen LogP contribution in [0.3, 0.4) is 0 Å². The maximum Gasteiger partial charge on any atom is 0.409 e. The lowest BCUT2D eigenvalue weighted by Crippen LogP contribution is -2.51. The molecule has 176 valence electrons. The number of carbonyl (C=O) groups is 5. The lowest BCUT2D eigenvalue weighted by Gasteiger charge is -2.33. The number of rotatable bonds is 5. The summed E-state index contributed by atoms with van der Waals surface area (Å²) in [6, 6.07) is 12.4. The Morgan fingerprint density at radius 2 is 1.44 bits per heavy atom. The van der Waals surface area contributed by atoms with E-state index in [1.807, 2.05) is 0 Å². The van der Waals surface area contributed by atoms with Gasteiger partial charge in [-0.15, -0.1) is 0 Å². The monoisotopic (exact) mass is 465 g/mol. The molecule has 34 heavy (non-hydrogen) atoms. The van der Waals surface area contributed by atoms with E-state index in [0.717, 1.165) is 4.90 Å². The van der Waals surface area contributed by atoms with Crippen LogP contribution in [0.5, 0.6) is 0 Å². The SMILES string of the molecule is CCOC(=O)N1CCN(C(=O)COC(=O)c2cccc(N3C(=O)c4ccccc4C3=O)c2)CC1. The van der Waals surface area contributed by atoms with Gasteiger partial charge in [-0.25, -0.2) is 14.5 Å². The summed E-state index contributed by atoms with van der Waals surface area (Å²) in [7, 11) is 0. The number of amides is 4. The van der Waals surface area contributed by atoms with Crippen molar-refractivity contribution in [2.45, 2.75) is 6.92 Å². The Morgan fingerprint density at radius 1 is 0.824 bits per heavy atom. The number of fused-ring (bicyclic) bond motifs is 1. The van der Waals surface area contributed by atoms with E-state index >= 15 is 0 Å². The third kappa shape index (κ3) is 4.47. The van der Waals surface area contributed by atoms with Crippen LogP contribution in [-0.2, 0) is 14.3 Å². The van der Waals surface area contributed by atoms with Crippen molar-refractivity contribution < 1.29 is 33.4 Å². The van der Waals surface area contributed by atoms with Gasteiger partial charge in [-0.05, 0) is 37.3 Å². The highest BCUT2D eigenvalue weighted by molar-refractivity contribution is 6.34. The fraction of sp³-hybridized carbons (Fsp3) is 0.292. The zero-order valence-electron chi connectivity index (χ0n) is 18.6. The number of anilines is 1. The highest BCUT2D eigenvalue weighted by atomic mass is 16.6. The molecule has 10 nitrogen and oxygen atoms in total. The molecule has 10 heteroatoms. The molecule has 2 aromatic carbocycles. The molecule has 0 bridgehead atoms. The minimum Gasteiger partial charge on any atom is -0.452 e. The normalized spacial score (nSPS) is 15.3. The smallest absolute Gasteiger partial charge is 0.409 e. The fourth-order valence-corrected chi connectivity index (χ4v) is 3.85. The molecule has 4 amide bonds. The van der Waals surface area contributed by atoms with Crippen molar-refractivity contribution in [2.75, 3.05) is 44.3 Å². The summed E-state index contributed by atoms with van der Waals surface area (Å²) in [5, 5.41) is 0. The molecular weight excluding hydrogens is 442 g/mol. The topological polar surface area (TPSA) is 114 Å². The molecule has 2 aliphatic rings. The second-order valence-electron chi connectivity index (χ2n) is 7.68. The van der Waals surface area contributed by atoms with Gasteiger partial charge >= 0.3 is 12.1 Å². The van der Waals surface area contributed by atoms with E-state index in [4.69, 9.17) is 9.47 Å². The number of piperazine rings is 1. The minimum absolute atomic E-state index is 0.106. The van der Waals surface area contributed by atoms with Crippen molar-refractivity contribution in [3.8, 4) is 0 Å². The molecule has 0 unspecified atom stereocenters. The summed E-state index contributed by atoms with van der Waals surface area (Å²) in [4.78, 5) is 66.2. The first-order valence-corrected chi connectivity index (χ1v) is 10.8. The second kappa shape index (κ2) is 9.74. The van der Waals surface area contributed by atoms with Crippen LogP contribution in [0.15, 0.2) is 48.5 Å². The first-order valence-electron chi connectivity index (χ1n) is 10.8. The van der Waals surface area contributed by atoms with Gasteiger partial charge in [0.25, 0.3) is 17.7 Å². The summed E-state index contributed by atoms with van der Waals surface area (Å²) in [5.41, 5.74) is 0.944. The Labute approximate surface area is 195 Å². The number of hydrogen-bond donors (Lipinski definition) is 0. The van der Waals surface area contributed by atoms with E-state index < -0.39 is 30.5 Å². The van der Waals surface area contributed by atoms with E-state index in [2.05, 4.69) is 0 Å². The van der Waals surface area contributed by atoms with Gasteiger partial charge < -0.3 is 19.3 Å². The van der Waals surface area contributed by atoms with Gasteiger partial charge in [0.15, 0.2) is 6.61 Å². The number of ether oxygens (including phenoxy) is 2. The summed E-state index contributed by atoms with van der Waals surface area (Å²) in [5.74, 6) is -2.07. The quantitative estimate of drug-likeness (QED) is 0.490. The van der Waals surface area contributed by atoms with Crippen molar-refractivity contribution >= 4 is 35.5 Å². The largest absolute Gasteiger partial charge is 0.452 e. The molecule has 0 aromatic heterocycles. The van der Waals surface area contributed by atoms with Crippen molar-refractivity contribution in [2.24, 2.45) is 0 Å². The number of carbonyl (C=O) groups excluding carboxylic acids is 5. The second-order valence-corrected chi connectivity index (χ2v) is 7.68. The Bertz CT molecular complexity index is 1120. The zero-order valence-corrected chi connectivity index (χ0v) is 18.6. The lowest BCUT2D eigenvalue weighted by atomic mass is 10.1. The lowest BCUT2D eigenvalue weighted by molar-refractivity contribution is -0.136. The van der Waals surface area contributed by atoms with Crippen LogP contribution in [0.4, 0.5) is 10.5 Å². The van der Waals surface area contributed by atoms with E-state index in [1.54, 1.807) is 37.3 Å². The molecule has 0 radical (unpaired) electrons. The van der Waals surface area contributed by atoms with Gasteiger partial charge in [0.05, 0.1) is 29.0 Å². The molecule has 0 N–H and O–H groups in total. The molecular formula is C24H23N3O7. The van der Waals surface area contributed by atoms with Gasteiger partial charge in [-0.3, -0.25) is 14.4 Å². The number of esters is 1. The molecule has 1 saturated heterocycles. The summed E-state index contributed by atoms with van der Waals surface area (Å²) in [6.45, 7) is 2.83. The molecule has 0 spiro atoms. The van der Waals surface area contributed by atoms with Crippen LogP contribution in [-0.4, -0.2) is 79.0 Å². The van der Waals surface area contributed by atoms with Crippen molar-refractivity contribution in [3.05, 3.63) is 65.2 Å². The summed E-state index contributed by atoms with van der Waals surface area (Å²) >= 11 is 0. The van der Waals surface area contributed by atoms with Crippen molar-refractivity contribution in [1.82, 2.24) is 9.80 Å². The van der Waals surface area contributed by atoms with Crippen LogP contribution in [0.25, 0.3) is 0 Å². The molecule has 2 aromatic rings.